The molecule has 1 aliphatic heterocycles. The number of hydrogen-bond acceptors (Lipinski definition) is 4. The van der Waals surface area contributed by atoms with Crippen LogP contribution in [-0.2, 0) is 13.2 Å². The Kier molecular flexibility index (Phi) is 7.69. The molecule has 172 valence electrons. The van der Waals surface area contributed by atoms with Crippen LogP contribution in [0, 0.1) is 0 Å². The predicted octanol–water partition coefficient (Wildman–Crippen LogP) is 5.72. The number of anilines is 1. The highest BCUT2D eigenvalue weighted by atomic mass is 35.5. The summed E-state index contributed by atoms with van der Waals surface area (Å²) in [6.07, 6.45) is 0. The summed E-state index contributed by atoms with van der Waals surface area (Å²) in [6, 6.07) is 23.9. The first-order valence-electron chi connectivity index (χ1n) is 11.6. The van der Waals surface area contributed by atoms with Crippen LogP contribution in [0.3, 0.4) is 0 Å². The van der Waals surface area contributed by atoms with Gasteiger partial charge in [-0.1, -0.05) is 74.0 Å². The Morgan fingerprint density at radius 2 is 1.67 bits per heavy atom. The van der Waals surface area contributed by atoms with Crippen molar-refractivity contribution in [3.8, 4) is 5.75 Å². The van der Waals surface area contributed by atoms with E-state index in [-0.39, 0.29) is 5.43 Å². The highest BCUT2D eigenvalue weighted by Crippen LogP contribution is 2.22. The Balaban J connectivity index is 1.49. The van der Waals surface area contributed by atoms with Gasteiger partial charge in [0.2, 0.25) is 5.43 Å². The van der Waals surface area contributed by atoms with Crippen molar-refractivity contribution in [1.29, 1.82) is 0 Å². The van der Waals surface area contributed by atoms with E-state index in [1.807, 2.05) is 60.7 Å². The van der Waals surface area contributed by atoms with Crippen molar-refractivity contribution in [1.82, 2.24) is 4.90 Å². The molecule has 0 saturated carbocycles. The molecule has 4 nitrogen and oxygen atoms in total. The summed E-state index contributed by atoms with van der Waals surface area (Å²) in [7, 11) is 0. The van der Waals surface area contributed by atoms with Crippen molar-refractivity contribution in [3.05, 3.63) is 105 Å². The number of halogens is 1. The molecule has 1 fully saturated rings. The van der Waals surface area contributed by atoms with Crippen LogP contribution in [0.15, 0.2) is 77.6 Å². The quantitative estimate of drug-likeness (QED) is 0.449. The van der Waals surface area contributed by atoms with Crippen LogP contribution in [-0.4, -0.2) is 31.1 Å². The van der Waals surface area contributed by atoms with Gasteiger partial charge < -0.3 is 9.64 Å². The minimum absolute atomic E-state index is 0.0184. The van der Waals surface area contributed by atoms with Crippen LogP contribution >= 0.6 is 11.6 Å². The summed E-state index contributed by atoms with van der Waals surface area (Å²) in [5.41, 5.74) is 4.06. The summed E-state index contributed by atoms with van der Waals surface area (Å²) >= 11 is 6.16. The molecule has 1 saturated heterocycles. The molecule has 1 heterocycles. The van der Waals surface area contributed by atoms with Crippen LogP contribution in [0.5, 0.6) is 5.75 Å². The Hall–Kier alpha value is -2.82. The summed E-state index contributed by atoms with van der Waals surface area (Å²) in [4.78, 5) is 18.1. The summed E-state index contributed by atoms with van der Waals surface area (Å²) in [5.74, 6) is 0.741. The van der Waals surface area contributed by atoms with E-state index in [1.54, 1.807) is 0 Å². The molecule has 4 rings (SSSR count). The lowest BCUT2D eigenvalue weighted by Crippen LogP contribution is -2.46. The fraction of sp³-hybridized carbons (Fsp3) is 0.321. The molecule has 0 bridgehead atoms. The third kappa shape index (κ3) is 6.16. The third-order valence-electron chi connectivity index (χ3n) is 6.13. The van der Waals surface area contributed by atoms with Crippen molar-refractivity contribution < 1.29 is 4.74 Å². The molecule has 3 aromatic rings. The maximum Gasteiger partial charge on any atom is 0.224 e. The maximum absolute atomic E-state index is 13.4. The second-order valence-electron chi connectivity index (χ2n) is 8.87. The zero-order chi connectivity index (χ0) is 23.2. The topological polar surface area (TPSA) is 32.8 Å². The molecule has 5 heteroatoms. The minimum Gasteiger partial charge on any atom is -0.485 e. The largest absolute Gasteiger partial charge is 0.485 e. The molecular weight excluding hydrogens is 432 g/mol. The van der Waals surface area contributed by atoms with E-state index in [0.717, 1.165) is 53.6 Å². The van der Waals surface area contributed by atoms with E-state index in [0.29, 0.717) is 24.8 Å². The first kappa shape index (κ1) is 23.3. The molecule has 0 N–H and O–H groups in total. The van der Waals surface area contributed by atoms with Crippen molar-refractivity contribution in [2.75, 3.05) is 31.1 Å². The van der Waals surface area contributed by atoms with Gasteiger partial charge in [-0.05, 0) is 41.3 Å². The van der Waals surface area contributed by atoms with Crippen molar-refractivity contribution in [3.63, 3.8) is 0 Å². The van der Waals surface area contributed by atoms with Gasteiger partial charge in [0.05, 0.1) is 0 Å². The molecule has 3 aromatic carbocycles. The predicted molar refractivity (Wildman–Crippen MR) is 137 cm³/mol. The van der Waals surface area contributed by atoms with Crippen LogP contribution in [0.1, 0.15) is 36.5 Å². The Bertz CT molecular complexity index is 1130. The van der Waals surface area contributed by atoms with Gasteiger partial charge in [-0.25, -0.2) is 0 Å². The number of ether oxygens (including phenoxy) is 1. The van der Waals surface area contributed by atoms with Gasteiger partial charge in [0.15, 0.2) is 5.75 Å². The van der Waals surface area contributed by atoms with E-state index in [9.17, 15) is 4.79 Å². The number of hydrogen-bond donors (Lipinski definition) is 0. The van der Waals surface area contributed by atoms with Crippen LogP contribution < -0.4 is 15.1 Å². The number of rotatable bonds is 7. The zero-order valence-electron chi connectivity index (χ0n) is 19.3. The van der Waals surface area contributed by atoms with E-state index < -0.39 is 0 Å². The normalized spacial score (nSPS) is 14.5. The summed E-state index contributed by atoms with van der Waals surface area (Å²) in [6.45, 7) is 8.87. The summed E-state index contributed by atoms with van der Waals surface area (Å²) < 4.78 is 6.04. The van der Waals surface area contributed by atoms with Crippen molar-refractivity contribution in [2.24, 2.45) is 0 Å². The fourth-order valence-corrected chi connectivity index (χ4v) is 4.28. The molecule has 0 aliphatic carbocycles. The molecule has 0 atom stereocenters. The second kappa shape index (κ2) is 10.9. The zero-order valence-corrected chi connectivity index (χ0v) is 20.1. The van der Waals surface area contributed by atoms with Crippen LogP contribution in [0.4, 0.5) is 5.69 Å². The van der Waals surface area contributed by atoms with Gasteiger partial charge in [-0.3, -0.25) is 9.69 Å². The molecule has 0 amide bonds. The standard InChI is InChI=1S/C28H31ClN2O2/c1-21(2)23-11-12-24(28(32)27(17-23)33-20-22-7-4-3-5-8-22)19-30-13-15-31(16-14-30)26-10-6-9-25(29)18-26/h3-12,17-18,21H,13-16,19-20H2,1-2H3. The Morgan fingerprint density at radius 3 is 2.36 bits per heavy atom. The van der Waals surface area contributed by atoms with E-state index >= 15 is 0 Å². The number of nitrogens with zero attached hydrogens (tertiary/aromatic N) is 2. The second-order valence-corrected chi connectivity index (χ2v) is 9.30. The van der Waals surface area contributed by atoms with E-state index in [4.69, 9.17) is 16.3 Å². The SMILES string of the molecule is CC(C)c1ccc(CN2CCN(c3cccc(Cl)c3)CC2)c(=O)c(OCc2ccccc2)c1. The fourth-order valence-electron chi connectivity index (χ4n) is 4.10. The van der Waals surface area contributed by atoms with E-state index in [2.05, 4.69) is 35.8 Å². The highest BCUT2D eigenvalue weighted by molar-refractivity contribution is 6.30. The lowest BCUT2D eigenvalue weighted by molar-refractivity contribution is 0.248. The van der Waals surface area contributed by atoms with Crippen molar-refractivity contribution >= 4 is 17.3 Å². The van der Waals surface area contributed by atoms with Gasteiger partial charge in [0.1, 0.15) is 6.61 Å². The number of benzene rings is 2. The monoisotopic (exact) mass is 462 g/mol. The first-order chi connectivity index (χ1) is 16.0. The van der Waals surface area contributed by atoms with Gasteiger partial charge >= 0.3 is 0 Å². The smallest absolute Gasteiger partial charge is 0.224 e. The van der Waals surface area contributed by atoms with Gasteiger partial charge in [-0.2, -0.15) is 0 Å². The average Bonchev–Trinajstić information content (AvgIpc) is 2.98. The van der Waals surface area contributed by atoms with Crippen LogP contribution in [0.25, 0.3) is 0 Å². The molecular formula is C28H31ClN2O2. The highest BCUT2D eigenvalue weighted by Gasteiger charge is 2.19. The molecule has 0 radical (unpaired) electrons. The first-order valence-corrected chi connectivity index (χ1v) is 11.9. The molecule has 0 aromatic heterocycles. The van der Waals surface area contributed by atoms with Crippen molar-refractivity contribution in [2.45, 2.75) is 32.9 Å². The Labute approximate surface area is 201 Å². The molecule has 1 aliphatic rings. The summed E-state index contributed by atoms with van der Waals surface area (Å²) in [5, 5.41) is 0.756. The average molecular weight is 463 g/mol. The minimum atomic E-state index is -0.0184. The van der Waals surface area contributed by atoms with Gasteiger partial charge in [0, 0.05) is 49.0 Å². The molecule has 0 spiro atoms. The molecule has 0 unspecified atom stereocenters. The van der Waals surface area contributed by atoms with Gasteiger partial charge in [-0.15, -0.1) is 0 Å². The third-order valence-corrected chi connectivity index (χ3v) is 6.37. The molecule has 33 heavy (non-hydrogen) atoms. The Morgan fingerprint density at radius 1 is 0.909 bits per heavy atom. The van der Waals surface area contributed by atoms with Gasteiger partial charge in [0.25, 0.3) is 0 Å². The number of piperazine rings is 1. The van der Waals surface area contributed by atoms with E-state index in [1.165, 1.54) is 0 Å². The maximum atomic E-state index is 13.4. The lowest BCUT2D eigenvalue weighted by atomic mass is 10.1. The lowest BCUT2D eigenvalue weighted by Gasteiger charge is -2.36. The van der Waals surface area contributed by atoms with Crippen LogP contribution in [0.2, 0.25) is 5.02 Å².